The van der Waals surface area contributed by atoms with Crippen molar-refractivity contribution >= 4 is 5.91 Å². The zero-order valence-corrected chi connectivity index (χ0v) is 12.5. The number of rotatable bonds is 4. The highest BCUT2D eigenvalue weighted by Gasteiger charge is 2.21. The summed E-state index contributed by atoms with van der Waals surface area (Å²) < 4.78 is 5.84. The van der Waals surface area contributed by atoms with Gasteiger partial charge in [-0.2, -0.15) is 0 Å². The SMILES string of the molecule is O=C(CNCC1OCCc2ccccc21)N1CCCCC1. The van der Waals surface area contributed by atoms with E-state index in [2.05, 4.69) is 29.6 Å². The van der Waals surface area contributed by atoms with Crippen molar-refractivity contribution in [1.82, 2.24) is 10.2 Å². The van der Waals surface area contributed by atoms with Gasteiger partial charge in [0.15, 0.2) is 0 Å². The van der Waals surface area contributed by atoms with Crippen molar-refractivity contribution in [2.24, 2.45) is 0 Å². The molecule has 4 heteroatoms. The van der Waals surface area contributed by atoms with E-state index in [0.29, 0.717) is 13.1 Å². The van der Waals surface area contributed by atoms with Crippen molar-refractivity contribution in [3.8, 4) is 0 Å². The van der Waals surface area contributed by atoms with Crippen LogP contribution >= 0.6 is 0 Å². The largest absolute Gasteiger partial charge is 0.372 e. The van der Waals surface area contributed by atoms with Gasteiger partial charge >= 0.3 is 0 Å². The van der Waals surface area contributed by atoms with Gasteiger partial charge in [0.2, 0.25) is 5.91 Å². The van der Waals surface area contributed by atoms with Gasteiger partial charge in [0.05, 0.1) is 19.3 Å². The van der Waals surface area contributed by atoms with Crippen LogP contribution in [0.1, 0.15) is 36.5 Å². The van der Waals surface area contributed by atoms with Crippen molar-refractivity contribution in [3.05, 3.63) is 35.4 Å². The minimum atomic E-state index is 0.0732. The molecule has 1 aromatic rings. The fraction of sp³-hybridized carbons (Fsp3) is 0.588. The molecule has 1 N–H and O–H groups in total. The van der Waals surface area contributed by atoms with Crippen LogP contribution in [-0.4, -0.2) is 43.6 Å². The summed E-state index contributed by atoms with van der Waals surface area (Å²) in [6, 6.07) is 8.44. The molecule has 1 saturated heterocycles. The second kappa shape index (κ2) is 7.05. The Morgan fingerprint density at radius 2 is 2.05 bits per heavy atom. The lowest BCUT2D eigenvalue weighted by Crippen LogP contribution is -2.42. The summed E-state index contributed by atoms with van der Waals surface area (Å²) in [4.78, 5) is 14.1. The Balaban J connectivity index is 1.48. The van der Waals surface area contributed by atoms with Crippen molar-refractivity contribution < 1.29 is 9.53 Å². The van der Waals surface area contributed by atoms with E-state index in [-0.39, 0.29) is 12.0 Å². The molecule has 1 amide bonds. The molecule has 0 bridgehead atoms. The highest BCUT2D eigenvalue weighted by molar-refractivity contribution is 5.78. The van der Waals surface area contributed by atoms with Gasteiger partial charge < -0.3 is 15.0 Å². The first-order valence-corrected chi connectivity index (χ1v) is 8.02. The maximum atomic E-state index is 12.1. The lowest BCUT2D eigenvalue weighted by atomic mass is 9.97. The highest BCUT2D eigenvalue weighted by Crippen LogP contribution is 2.26. The first-order chi connectivity index (χ1) is 10.3. The molecule has 2 aliphatic heterocycles. The highest BCUT2D eigenvalue weighted by atomic mass is 16.5. The molecule has 1 atom stereocenters. The first kappa shape index (κ1) is 14.5. The second-order valence-corrected chi connectivity index (χ2v) is 5.88. The number of ether oxygens (including phenoxy) is 1. The van der Waals surface area contributed by atoms with Gasteiger partial charge in [-0.15, -0.1) is 0 Å². The predicted molar refractivity (Wildman–Crippen MR) is 82.1 cm³/mol. The average Bonchev–Trinajstić information content (AvgIpc) is 2.56. The van der Waals surface area contributed by atoms with Crippen LogP contribution < -0.4 is 5.32 Å². The van der Waals surface area contributed by atoms with Crippen LogP contribution in [0.5, 0.6) is 0 Å². The smallest absolute Gasteiger partial charge is 0.236 e. The molecule has 1 unspecified atom stereocenters. The summed E-state index contributed by atoms with van der Waals surface area (Å²) >= 11 is 0. The van der Waals surface area contributed by atoms with Gasteiger partial charge in [0, 0.05) is 19.6 Å². The minimum Gasteiger partial charge on any atom is -0.372 e. The number of hydrogen-bond acceptors (Lipinski definition) is 3. The molecule has 3 rings (SSSR count). The molecule has 0 aromatic heterocycles. The van der Waals surface area contributed by atoms with Crippen molar-refractivity contribution in [3.63, 3.8) is 0 Å². The molecular formula is C17H24N2O2. The predicted octanol–water partition coefficient (Wildman–Crippen LogP) is 1.90. The number of carbonyl (C=O) groups excluding carboxylic acids is 1. The van der Waals surface area contributed by atoms with Crippen molar-refractivity contribution in [2.75, 3.05) is 32.8 Å². The van der Waals surface area contributed by atoms with Gasteiger partial charge in [-0.25, -0.2) is 0 Å². The maximum absolute atomic E-state index is 12.1. The summed E-state index contributed by atoms with van der Waals surface area (Å²) in [5, 5.41) is 3.28. The molecule has 2 heterocycles. The number of amides is 1. The number of carbonyl (C=O) groups is 1. The Hall–Kier alpha value is -1.39. The van der Waals surface area contributed by atoms with Crippen LogP contribution in [0.2, 0.25) is 0 Å². The van der Waals surface area contributed by atoms with Crippen LogP contribution in [0.4, 0.5) is 0 Å². The normalized spacial score (nSPS) is 21.9. The van der Waals surface area contributed by atoms with E-state index >= 15 is 0 Å². The molecule has 0 saturated carbocycles. The average molecular weight is 288 g/mol. The van der Waals surface area contributed by atoms with Gasteiger partial charge in [0.25, 0.3) is 0 Å². The quantitative estimate of drug-likeness (QED) is 0.920. The zero-order chi connectivity index (χ0) is 14.5. The Bertz CT molecular complexity index is 483. The van der Waals surface area contributed by atoms with Crippen LogP contribution in [0.25, 0.3) is 0 Å². The Labute approximate surface area is 126 Å². The molecule has 0 spiro atoms. The van der Waals surface area contributed by atoms with Crippen LogP contribution in [-0.2, 0) is 16.0 Å². The van der Waals surface area contributed by atoms with Gasteiger partial charge in [-0.05, 0) is 36.8 Å². The van der Waals surface area contributed by atoms with Crippen molar-refractivity contribution in [1.29, 1.82) is 0 Å². The Morgan fingerprint density at radius 3 is 2.90 bits per heavy atom. The topological polar surface area (TPSA) is 41.6 Å². The standard InChI is InChI=1S/C17H24N2O2/c20-17(19-9-4-1-5-10-19)13-18-12-16-15-7-3-2-6-14(15)8-11-21-16/h2-3,6-7,16,18H,1,4-5,8-13H2. The molecular weight excluding hydrogens is 264 g/mol. The molecule has 114 valence electrons. The Kier molecular flexibility index (Phi) is 4.88. The van der Waals surface area contributed by atoms with Crippen molar-refractivity contribution in [2.45, 2.75) is 31.8 Å². The number of hydrogen-bond donors (Lipinski definition) is 1. The minimum absolute atomic E-state index is 0.0732. The zero-order valence-electron chi connectivity index (χ0n) is 12.5. The van der Waals surface area contributed by atoms with E-state index in [0.717, 1.165) is 39.0 Å². The molecule has 1 fully saturated rings. The molecule has 2 aliphatic rings. The number of likely N-dealkylation sites (tertiary alicyclic amines) is 1. The summed E-state index contributed by atoms with van der Waals surface area (Å²) in [5.41, 5.74) is 2.64. The van der Waals surface area contributed by atoms with E-state index in [1.807, 2.05) is 4.90 Å². The molecule has 1 aromatic carbocycles. The van der Waals surface area contributed by atoms with Crippen LogP contribution in [0.3, 0.4) is 0 Å². The summed E-state index contributed by atoms with van der Waals surface area (Å²) in [5.74, 6) is 0.221. The number of piperidine rings is 1. The van der Waals surface area contributed by atoms with Crippen LogP contribution in [0, 0.1) is 0 Å². The second-order valence-electron chi connectivity index (χ2n) is 5.88. The van der Waals surface area contributed by atoms with Crippen LogP contribution in [0.15, 0.2) is 24.3 Å². The lowest BCUT2D eigenvalue weighted by molar-refractivity contribution is -0.131. The monoisotopic (exact) mass is 288 g/mol. The Morgan fingerprint density at radius 1 is 1.24 bits per heavy atom. The lowest BCUT2D eigenvalue weighted by Gasteiger charge is -2.28. The number of fused-ring (bicyclic) bond motifs is 1. The molecule has 4 nitrogen and oxygen atoms in total. The van der Waals surface area contributed by atoms with Gasteiger partial charge in [-0.1, -0.05) is 24.3 Å². The number of benzene rings is 1. The van der Waals surface area contributed by atoms with E-state index in [4.69, 9.17) is 4.74 Å². The third-order valence-corrected chi connectivity index (χ3v) is 4.41. The molecule has 0 radical (unpaired) electrons. The first-order valence-electron chi connectivity index (χ1n) is 8.02. The fourth-order valence-corrected chi connectivity index (χ4v) is 3.21. The maximum Gasteiger partial charge on any atom is 0.236 e. The van der Waals surface area contributed by atoms with Gasteiger partial charge in [0.1, 0.15) is 0 Å². The molecule has 21 heavy (non-hydrogen) atoms. The summed E-state index contributed by atoms with van der Waals surface area (Å²) in [7, 11) is 0. The van der Waals surface area contributed by atoms with E-state index in [9.17, 15) is 4.79 Å². The third-order valence-electron chi connectivity index (χ3n) is 4.41. The van der Waals surface area contributed by atoms with E-state index in [1.54, 1.807) is 0 Å². The summed E-state index contributed by atoms with van der Waals surface area (Å²) in [6.45, 7) is 3.73. The number of nitrogens with zero attached hydrogens (tertiary/aromatic N) is 1. The van der Waals surface area contributed by atoms with E-state index in [1.165, 1.54) is 17.5 Å². The fourth-order valence-electron chi connectivity index (χ4n) is 3.21. The van der Waals surface area contributed by atoms with Gasteiger partial charge in [-0.3, -0.25) is 4.79 Å². The van der Waals surface area contributed by atoms with E-state index < -0.39 is 0 Å². The third kappa shape index (κ3) is 3.63. The molecule has 0 aliphatic carbocycles. The number of nitrogens with one attached hydrogen (secondary N) is 1. The summed E-state index contributed by atoms with van der Waals surface area (Å²) in [6.07, 6.45) is 4.60.